The van der Waals surface area contributed by atoms with Crippen LogP contribution in [0.15, 0.2) is 67.0 Å². The van der Waals surface area contributed by atoms with Crippen LogP contribution in [0.2, 0.25) is 0 Å². The summed E-state index contributed by atoms with van der Waals surface area (Å²) in [6, 6.07) is 17.9. The van der Waals surface area contributed by atoms with Crippen LogP contribution < -0.4 is 10.1 Å². The monoisotopic (exact) mass is 377 g/mol. The molecule has 1 N–H and O–H groups in total. The van der Waals surface area contributed by atoms with Gasteiger partial charge in [-0.05, 0) is 47.7 Å². The van der Waals surface area contributed by atoms with E-state index in [4.69, 9.17) is 4.74 Å². The molecule has 28 heavy (non-hydrogen) atoms. The molecule has 0 fully saturated rings. The van der Waals surface area contributed by atoms with Gasteiger partial charge in [-0.2, -0.15) is 5.10 Å². The van der Waals surface area contributed by atoms with Crippen molar-refractivity contribution in [1.82, 2.24) is 15.1 Å². The van der Waals surface area contributed by atoms with Gasteiger partial charge in [0.1, 0.15) is 5.75 Å². The number of rotatable bonds is 8. The van der Waals surface area contributed by atoms with Gasteiger partial charge in [-0.1, -0.05) is 50.2 Å². The fraction of sp³-hybridized carbons (Fsp3) is 0.304. The highest BCUT2D eigenvalue weighted by Crippen LogP contribution is 2.21. The van der Waals surface area contributed by atoms with Crippen LogP contribution in [-0.4, -0.2) is 21.8 Å². The summed E-state index contributed by atoms with van der Waals surface area (Å²) in [5, 5.41) is 7.23. The van der Waals surface area contributed by atoms with Crippen LogP contribution in [0.4, 0.5) is 0 Å². The third-order valence-corrected chi connectivity index (χ3v) is 4.67. The first-order chi connectivity index (χ1) is 13.5. The molecule has 0 radical (unpaired) electrons. The molecule has 0 bridgehead atoms. The number of ether oxygens (including phenoxy) is 1. The minimum absolute atomic E-state index is 0.135. The van der Waals surface area contributed by atoms with Crippen LogP contribution in [-0.2, 0) is 17.9 Å². The lowest BCUT2D eigenvalue weighted by molar-refractivity contribution is -0.127. The maximum absolute atomic E-state index is 12.5. The van der Waals surface area contributed by atoms with Gasteiger partial charge >= 0.3 is 0 Å². The smallest absolute Gasteiger partial charge is 0.261 e. The lowest BCUT2D eigenvalue weighted by Crippen LogP contribution is -2.36. The van der Waals surface area contributed by atoms with E-state index in [-0.39, 0.29) is 5.91 Å². The number of carbonyl (C=O) groups excluding carboxylic acids is 1. The highest BCUT2D eigenvalue weighted by atomic mass is 16.5. The molecule has 2 aromatic carbocycles. The Morgan fingerprint density at radius 2 is 1.86 bits per heavy atom. The van der Waals surface area contributed by atoms with Crippen LogP contribution in [0, 0.1) is 0 Å². The molecule has 0 spiro atoms. The van der Waals surface area contributed by atoms with Gasteiger partial charge in [-0.3, -0.25) is 9.48 Å². The van der Waals surface area contributed by atoms with Crippen molar-refractivity contribution in [3.8, 4) is 5.75 Å². The molecule has 1 heterocycles. The average Bonchev–Trinajstić information content (AvgIpc) is 3.20. The van der Waals surface area contributed by atoms with Crippen molar-refractivity contribution in [3.05, 3.63) is 83.7 Å². The van der Waals surface area contributed by atoms with Gasteiger partial charge in [0.25, 0.3) is 5.91 Å². The molecule has 1 aromatic heterocycles. The van der Waals surface area contributed by atoms with Gasteiger partial charge < -0.3 is 10.1 Å². The Morgan fingerprint density at radius 1 is 1.07 bits per heavy atom. The Bertz CT molecular complexity index is 904. The Kier molecular flexibility index (Phi) is 6.48. The Hall–Kier alpha value is -3.08. The van der Waals surface area contributed by atoms with E-state index in [9.17, 15) is 4.79 Å². The summed E-state index contributed by atoms with van der Waals surface area (Å²) < 4.78 is 7.71. The quantitative estimate of drug-likeness (QED) is 0.642. The Labute approximate surface area is 166 Å². The zero-order valence-corrected chi connectivity index (χ0v) is 16.6. The fourth-order valence-electron chi connectivity index (χ4n) is 2.98. The molecule has 0 saturated heterocycles. The molecule has 5 heteroatoms. The van der Waals surface area contributed by atoms with E-state index in [0.717, 1.165) is 11.1 Å². The molecular weight excluding hydrogens is 350 g/mol. The molecule has 0 aliphatic rings. The second kappa shape index (κ2) is 9.22. The Morgan fingerprint density at radius 3 is 2.57 bits per heavy atom. The number of aromatic nitrogens is 2. The third-order valence-electron chi connectivity index (χ3n) is 4.67. The second-order valence-electron chi connectivity index (χ2n) is 7.18. The summed E-state index contributed by atoms with van der Waals surface area (Å²) in [6.07, 6.45) is 3.12. The van der Waals surface area contributed by atoms with Crippen molar-refractivity contribution in [1.29, 1.82) is 0 Å². The van der Waals surface area contributed by atoms with Gasteiger partial charge in [0.2, 0.25) is 0 Å². The van der Waals surface area contributed by atoms with Crippen LogP contribution in [0.3, 0.4) is 0 Å². The minimum atomic E-state index is -0.569. The topological polar surface area (TPSA) is 56.1 Å². The van der Waals surface area contributed by atoms with E-state index in [0.29, 0.717) is 24.8 Å². The predicted molar refractivity (Wildman–Crippen MR) is 110 cm³/mol. The molecule has 146 valence electrons. The summed E-state index contributed by atoms with van der Waals surface area (Å²) in [4.78, 5) is 12.5. The molecule has 1 atom stereocenters. The largest absolute Gasteiger partial charge is 0.481 e. The van der Waals surface area contributed by atoms with Crippen LogP contribution in [0.5, 0.6) is 5.75 Å². The van der Waals surface area contributed by atoms with E-state index >= 15 is 0 Å². The summed E-state index contributed by atoms with van der Waals surface area (Å²) in [7, 11) is 0. The lowest BCUT2D eigenvalue weighted by Gasteiger charge is -2.17. The SMILES string of the molecule is CC(Oc1cccc(C(C)C)c1)C(=O)NCc1ccccc1Cn1cccn1. The predicted octanol–water partition coefficient (Wildman–Crippen LogP) is 4.14. The summed E-state index contributed by atoms with van der Waals surface area (Å²) in [5.74, 6) is 0.996. The zero-order chi connectivity index (χ0) is 19.9. The van der Waals surface area contributed by atoms with Crippen molar-refractivity contribution in [2.75, 3.05) is 0 Å². The number of nitrogens with one attached hydrogen (secondary N) is 1. The van der Waals surface area contributed by atoms with Gasteiger partial charge in [0.15, 0.2) is 6.10 Å². The first-order valence-corrected chi connectivity index (χ1v) is 9.61. The van der Waals surface area contributed by atoms with Crippen molar-refractivity contribution < 1.29 is 9.53 Å². The molecule has 3 aromatic rings. The zero-order valence-electron chi connectivity index (χ0n) is 16.6. The lowest BCUT2D eigenvalue weighted by atomic mass is 10.0. The van der Waals surface area contributed by atoms with E-state index in [1.54, 1.807) is 13.1 Å². The van der Waals surface area contributed by atoms with E-state index < -0.39 is 6.10 Å². The number of amides is 1. The first-order valence-electron chi connectivity index (χ1n) is 9.61. The number of carbonyl (C=O) groups is 1. The van der Waals surface area contributed by atoms with Gasteiger partial charge in [0, 0.05) is 18.9 Å². The van der Waals surface area contributed by atoms with Gasteiger partial charge in [-0.15, -0.1) is 0 Å². The highest BCUT2D eigenvalue weighted by Gasteiger charge is 2.15. The number of nitrogens with zero attached hydrogens (tertiary/aromatic N) is 2. The summed E-state index contributed by atoms with van der Waals surface area (Å²) in [6.45, 7) is 7.17. The van der Waals surface area contributed by atoms with E-state index in [2.05, 4.69) is 36.4 Å². The molecular formula is C23H27N3O2. The van der Waals surface area contributed by atoms with E-state index in [1.165, 1.54) is 5.56 Å². The maximum atomic E-state index is 12.5. The second-order valence-corrected chi connectivity index (χ2v) is 7.18. The molecule has 1 amide bonds. The Balaban J connectivity index is 1.59. The van der Waals surface area contributed by atoms with Crippen molar-refractivity contribution >= 4 is 5.91 Å². The normalized spacial score (nSPS) is 12.0. The molecule has 3 rings (SSSR count). The summed E-state index contributed by atoms with van der Waals surface area (Å²) >= 11 is 0. The van der Waals surface area contributed by atoms with E-state index in [1.807, 2.05) is 53.3 Å². The number of hydrogen-bond acceptors (Lipinski definition) is 3. The van der Waals surface area contributed by atoms with Crippen LogP contribution in [0.25, 0.3) is 0 Å². The first kappa shape index (κ1) is 19.7. The minimum Gasteiger partial charge on any atom is -0.481 e. The van der Waals surface area contributed by atoms with Crippen LogP contribution >= 0.6 is 0 Å². The van der Waals surface area contributed by atoms with Gasteiger partial charge in [0.05, 0.1) is 6.54 Å². The number of hydrogen-bond donors (Lipinski definition) is 1. The summed E-state index contributed by atoms with van der Waals surface area (Å²) in [5.41, 5.74) is 3.39. The highest BCUT2D eigenvalue weighted by molar-refractivity contribution is 5.80. The number of benzene rings is 2. The maximum Gasteiger partial charge on any atom is 0.261 e. The average molecular weight is 377 g/mol. The fourth-order valence-corrected chi connectivity index (χ4v) is 2.98. The standard InChI is InChI=1S/C23H27N3O2/c1-17(2)19-10-6-11-22(14-19)28-18(3)23(27)24-15-20-8-4-5-9-21(20)16-26-13-7-12-25-26/h4-14,17-18H,15-16H2,1-3H3,(H,24,27). The molecule has 1 unspecified atom stereocenters. The third kappa shape index (κ3) is 5.22. The van der Waals surface area contributed by atoms with Gasteiger partial charge in [-0.25, -0.2) is 0 Å². The molecule has 0 aliphatic carbocycles. The molecule has 5 nitrogen and oxygen atoms in total. The van der Waals surface area contributed by atoms with Crippen molar-refractivity contribution in [2.45, 2.75) is 45.9 Å². The van der Waals surface area contributed by atoms with Crippen molar-refractivity contribution in [2.24, 2.45) is 0 Å². The molecule has 0 saturated carbocycles. The molecule has 0 aliphatic heterocycles. The van der Waals surface area contributed by atoms with Crippen molar-refractivity contribution in [3.63, 3.8) is 0 Å². The van der Waals surface area contributed by atoms with Crippen LogP contribution in [0.1, 0.15) is 43.4 Å².